The van der Waals surface area contributed by atoms with Crippen molar-refractivity contribution in [1.82, 2.24) is 10.6 Å². The van der Waals surface area contributed by atoms with E-state index in [2.05, 4.69) is 70.2 Å². The number of benzene rings is 1. The Morgan fingerprint density at radius 2 is 2.00 bits per heavy atom. The van der Waals surface area contributed by atoms with E-state index < -0.39 is 0 Å². The predicted octanol–water partition coefficient (Wildman–Crippen LogP) is 3.70. The second kappa shape index (κ2) is 9.39. The van der Waals surface area contributed by atoms with Crippen LogP contribution >= 0.6 is 39.9 Å². The zero-order valence-electron chi connectivity index (χ0n) is 12.2. The zero-order chi connectivity index (χ0) is 14.3. The summed E-state index contributed by atoms with van der Waals surface area (Å²) in [5, 5.41) is 6.51. The molecule has 0 aliphatic heterocycles. The molecule has 0 aliphatic rings. The van der Waals surface area contributed by atoms with E-state index in [1.54, 1.807) is 7.05 Å². The first kappa shape index (κ1) is 19.4. The van der Waals surface area contributed by atoms with E-state index in [4.69, 9.17) is 0 Å². The fraction of sp³-hybridized carbons (Fsp3) is 0.400. The number of hydrogen-bond donors (Lipinski definition) is 2. The lowest BCUT2D eigenvalue weighted by Crippen LogP contribution is -2.43. The number of nitrogens with zero attached hydrogens (tertiary/aromatic N) is 1. The Balaban J connectivity index is 0.00000361. The van der Waals surface area contributed by atoms with Crippen molar-refractivity contribution in [2.45, 2.75) is 19.3 Å². The van der Waals surface area contributed by atoms with Crippen LogP contribution in [0.3, 0.4) is 0 Å². The predicted molar refractivity (Wildman–Crippen MR) is 102 cm³/mol. The van der Waals surface area contributed by atoms with E-state index in [0.717, 1.165) is 17.0 Å². The third-order valence-corrected chi connectivity index (χ3v) is 3.63. The van der Waals surface area contributed by atoms with Gasteiger partial charge in [-0.25, -0.2) is 0 Å². The van der Waals surface area contributed by atoms with Crippen molar-refractivity contribution in [2.75, 3.05) is 20.1 Å². The molecule has 0 saturated heterocycles. The lowest BCUT2D eigenvalue weighted by atomic mass is 9.84. The largest absolute Gasteiger partial charge is 0.356 e. The van der Waals surface area contributed by atoms with Crippen LogP contribution in [0.15, 0.2) is 46.4 Å². The van der Waals surface area contributed by atoms with Crippen molar-refractivity contribution in [2.24, 2.45) is 4.99 Å². The monoisotopic (exact) mass is 451 g/mol. The summed E-state index contributed by atoms with van der Waals surface area (Å²) in [6.07, 6.45) is 1.81. The van der Waals surface area contributed by atoms with Gasteiger partial charge in [-0.3, -0.25) is 4.99 Å². The molecule has 0 unspecified atom stereocenters. The molecule has 112 valence electrons. The van der Waals surface area contributed by atoms with Crippen LogP contribution in [0.25, 0.3) is 0 Å². The Morgan fingerprint density at radius 3 is 2.55 bits per heavy atom. The lowest BCUT2D eigenvalue weighted by molar-refractivity contribution is 0.507. The fourth-order valence-corrected chi connectivity index (χ4v) is 2.62. The minimum Gasteiger partial charge on any atom is -0.356 e. The van der Waals surface area contributed by atoms with Gasteiger partial charge < -0.3 is 10.6 Å². The minimum absolute atomic E-state index is 0. The minimum atomic E-state index is 0. The zero-order valence-corrected chi connectivity index (χ0v) is 16.2. The molecular weight excluding hydrogens is 429 g/mol. The van der Waals surface area contributed by atoms with Gasteiger partial charge in [-0.05, 0) is 11.6 Å². The van der Waals surface area contributed by atoms with Crippen molar-refractivity contribution in [1.29, 1.82) is 0 Å². The first-order valence-electron chi connectivity index (χ1n) is 6.31. The average Bonchev–Trinajstić information content (AvgIpc) is 2.39. The van der Waals surface area contributed by atoms with E-state index in [1.165, 1.54) is 5.56 Å². The SMILES string of the molecule is C=CCNC(=NC)NCC(C)(C)c1ccccc1Br.I. The van der Waals surface area contributed by atoms with Crippen LogP contribution in [0.1, 0.15) is 19.4 Å². The Morgan fingerprint density at radius 1 is 1.35 bits per heavy atom. The molecule has 1 aromatic carbocycles. The van der Waals surface area contributed by atoms with Crippen LogP contribution in [-0.2, 0) is 5.41 Å². The standard InChI is InChI=1S/C15H22BrN3.HI/c1-5-10-18-14(17-4)19-11-15(2,3)12-8-6-7-9-13(12)16;/h5-9H,1,10-11H2,2-4H3,(H2,17,18,19);1H. The molecule has 0 spiro atoms. The molecule has 5 heteroatoms. The molecule has 0 saturated carbocycles. The summed E-state index contributed by atoms with van der Waals surface area (Å²) in [7, 11) is 1.77. The van der Waals surface area contributed by atoms with Crippen molar-refractivity contribution in [3.05, 3.63) is 47.0 Å². The first-order valence-corrected chi connectivity index (χ1v) is 7.11. The summed E-state index contributed by atoms with van der Waals surface area (Å²) in [6, 6.07) is 8.31. The van der Waals surface area contributed by atoms with E-state index in [1.807, 2.05) is 12.1 Å². The van der Waals surface area contributed by atoms with Crippen molar-refractivity contribution in [3.8, 4) is 0 Å². The van der Waals surface area contributed by atoms with Crippen LogP contribution in [0.4, 0.5) is 0 Å². The first-order chi connectivity index (χ1) is 9.01. The smallest absolute Gasteiger partial charge is 0.191 e. The van der Waals surface area contributed by atoms with Crippen LogP contribution < -0.4 is 10.6 Å². The average molecular weight is 452 g/mol. The second-order valence-corrected chi connectivity index (χ2v) is 5.81. The second-order valence-electron chi connectivity index (χ2n) is 4.96. The molecule has 1 rings (SSSR count). The molecule has 0 radical (unpaired) electrons. The third-order valence-electron chi connectivity index (χ3n) is 2.94. The molecule has 2 N–H and O–H groups in total. The fourth-order valence-electron chi connectivity index (χ4n) is 1.80. The Bertz CT molecular complexity index is 458. The van der Waals surface area contributed by atoms with Crippen LogP contribution in [0.2, 0.25) is 0 Å². The maximum atomic E-state index is 4.18. The van der Waals surface area contributed by atoms with Crippen LogP contribution in [0.5, 0.6) is 0 Å². The number of aliphatic imine (C=N–C) groups is 1. The van der Waals surface area contributed by atoms with Gasteiger partial charge >= 0.3 is 0 Å². The Kier molecular flexibility index (Phi) is 9.13. The summed E-state index contributed by atoms with van der Waals surface area (Å²) in [4.78, 5) is 4.18. The van der Waals surface area contributed by atoms with E-state index in [-0.39, 0.29) is 29.4 Å². The van der Waals surface area contributed by atoms with Crippen LogP contribution in [0, 0.1) is 0 Å². The molecule has 1 aromatic rings. The van der Waals surface area contributed by atoms with Crippen molar-refractivity contribution >= 4 is 45.9 Å². The summed E-state index contributed by atoms with van der Waals surface area (Å²) < 4.78 is 1.14. The highest BCUT2D eigenvalue weighted by Gasteiger charge is 2.22. The molecular formula is C15H23BrIN3. The van der Waals surface area contributed by atoms with Gasteiger partial charge in [0.25, 0.3) is 0 Å². The topological polar surface area (TPSA) is 36.4 Å². The van der Waals surface area contributed by atoms with Gasteiger partial charge in [0.1, 0.15) is 0 Å². The number of nitrogens with one attached hydrogen (secondary N) is 2. The van der Waals surface area contributed by atoms with E-state index in [9.17, 15) is 0 Å². The summed E-state index contributed by atoms with van der Waals surface area (Å²) in [5.74, 6) is 0.792. The van der Waals surface area contributed by atoms with Gasteiger partial charge in [0.05, 0.1) is 0 Å². The van der Waals surface area contributed by atoms with Gasteiger partial charge in [-0.15, -0.1) is 30.6 Å². The van der Waals surface area contributed by atoms with Gasteiger partial charge in [-0.2, -0.15) is 0 Å². The summed E-state index contributed by atoms with van der Waals surface area (Å²) in [5.41, 5.74) is 1.29. The highest BCUT2D eigenvalue weighted by atomic mass is 127. The van der Waals surface area contributed by atoms with Gasteiger partial charge in [0.15, 0.2) is 5.96 Å². The maximum Gasteiger partial charge on any atom is 0.191 e. The number of rotatable bonds is 5. The van der Waals surface area contributed by atoms with Gasteiger partial charge in [-0.1, -0.05) is 54.1 Å². The molecule has 0 heterocycles. The van der Waals surface area contributed by atoms with Gasteiger partial charge in [0, 0.05) is 30.0 Å². The van der Waals surface area contributed by atoms with E-state index in [0.29, 0.717) is 6.54 Å². The Labute approximate surface area is 147 Å². The molecule has 0 aromatic heterocycles. The quantitative estimate of drug-likeness (QED) is 0.310. The normalized spacial score (nSPS) is 11.5. The van der Waals surface area contributed by atoms with Crippen LogP contribution in [-0.4, -0.2) is 26.1 Å². The third kappa shape index (κ3) is 5.83. The number of hydrogen-bond acceptors (Lipinski definition) is 1. The lowest BCUT2D eigenvalue weighted by Gasteiger charge is -2.27. The van der Waals surface area contributed by atoms with Crippen molar-refractivity contribution < 1.29 is 0 Å². The molecule has 0 aliphatic carbocycles. The number of halogens is 2. The molecule has 0 bridgehead atoms. The molecule has 0 atom stereocenters. The Hall–Kier alpha value is -0.560. The highest BCUT2D eigenvalue weighted by molar-refractivity contribution is 14.0. The molecule has 0 amide bonds. The highest BCUT2D eigenvalue weighted by Crippen LogP contribution is 2.29. The van der Waals surface area contributed by atoms with E-state index >= 15 is 0 Å². The molecule has 3 nitrogen and oxygen atoms in total. The van der Waals surface area contributed by atoms with Gasteiger partial charge in [0.2, 0.25) is 0 Å². The van der Waals surface area contributed by atoms with Crippen molar-refractivity contribution in [3.63, 3.8) is 0 Å². The summed E-state index contributed by atoms with van der Waals surface area (Å²) >= 11 is 3.61. The summed E-state index contributed by atoms with van der Waals surface area (Å²) in [6.45, 7) is 9.60. The molecule has 0 fully saturated rings. The maximum absolute atomic E-state index is 4.18. The number of guanidine groups is 1. The molecule has 20 heavy (non-hydrogen) atoms.